The van der Waals surface area contributed by atoms with Crippen LogP contribution in [-0.2, 0) is 16.6 Å². The molecule has 2 rings (SSSR count). The summed E-state index contributed by atoms with van der Waals surface area (Å²) in [5.74, 6) is -0.690. The summed E-state index contributed by atoms with van der Waals surface area (Å²) in [7, 11) is -3.87. The van der Waals surface area contributed by atoms with Crippen LogP contribution in [0.3, 0.4) is 0 Å². The maximum Gasteiger partial charge on any atom is 0.263 e. The molecule has 0 bridgehead atoms. The lowest BCUT2D eigenvalue weighted by Crippen LogP contribution is -2.14. The minimum Gasteiger partial charge on any atom is -0.326 e. The average molecular weight is 335 g/mol. The summed E-state index contributed by atoms with van der Waals surface area (Å²) in [6.45, 7) is 1.93. The third-order valence-electron chi connectivity index (χ3n) is 2.59. The SMILES string of the molecule is Cc1sc(CN)cc1S(=O)(=O)Nc1cc(Cl)ccc1F. The topological polar surface area (TPSA) is 72.2 Å². The highest BCUT2D eigenvalue weighted by molar-refractivity contribution is 7.93. The van der Waals surface area contributed by atoms with E-state index in [2.05, 4.69) is 4.72 Å². The highest BCUT2D eigenvalue weighted by Crippen LogP contribution is 2.28. The molecule has 0 amide bonds. The fourth-order valence-corrected chi connectivity index (χ4v) is 4.41. The second-order valence-electron chi connectivity index (χ2n) is 4.07. The Hall–Kier alpha value is -1.15. The molecule has 20 heavy (non-hydrogen) atoms. The summed E-state index contributed by atoms with van der Waals surface area (Å²) in [5.41, 5.74) is 5.31. The number of nitrogens with two attached hydrogens (primary N) is 1. The highest BCUT2D eigenvalue weighted by atomic mass is 35.5. The minimum absolute atomic E-state index is 0.0994. The van der Waals surface area contributed by atoms with E-state index in [1.165, 1.54) is 29.5 Å². The van der Waals surface area contributed by atoms with Crippen molar-refractivity contribution in [1.29, 1.82) is 0 Å². The van der Waals surface area contributed by atoms with Gasteiger partial charge in [-0.25, -0.2) is 12.8 Å². The molecule has 1 aromatic heterocycles. The van der Waals surface area contributed by atoms with Crippen LogP contribution in [0.25, 0.3) is 0 Å². The van der Waals surface area contributed by atoms with Gasteiger partial charge in [0.2, 0.25) is 0 Å². The van der Waals surface area contributed by atoms with Crippen LogP contribution in [0.5, 0.6) is 0 Å². The Morgan fingerprint density at radius 3 is 2.70 bits per heavy atom. The fourth-order valence-electron chi connectivity index (χ4n) is 1.67. The Kier molecular flexibility index (Phi) is 4.33. The first-order chi connectivity index (χ1) is 9.33. The maximum absolute atomic E-state index is 13.6. The predicted molar refractivity (Wildman–Crippen MR) is 79.2 cm³/mol. The summed E-state index contributed by atoms with van der Waals surface area (Å²) >= 11 is 7.03. The van der Waals surface area contributed by atoms with Crippen LogP contribution in [-0.4, -0.2) is 8.42 Å². The number of halogens is 2. The number of thiophene rings is 1. The Labute approximate surface area is 125 Å². The molecule has 0 saturated heterocycles. The molecule has 0 unspecified atom stereocenters. The van der Waals surface area contributed by atoms with Crippen molar-refractivity contribution in [2.24, 2.45) is 5.73 Å². The van der Waals surface area contributed by atoms with Crippen molar-refractivity contribution in [2.45, 2.75) is 18.4 Å². The molecule has 1 aromatic carbocycles. The van der Waals surface area contributed by atoms with Crippen molar-refractivity contribution in [2.75, 3.05) is 4.72 Å². The number of benzene rings is 1. The average Bonchev–Trinajstić information content (AvgIpc) is 2.76. The van der Waals surface area contributed by atoms with E-state index in [1.807, 2.05) is 0 Å². The van der Waals surface area contributed by atoms with Gasteiger partial charge in [0.1, 0.15) is 10.7 Å². The Balaban J connectivity index is 2.40. The normalized spacial score (nSPS) is 11.6. The van der Waals surface area contributed by atoms with E-state index in [9.17, 15) is 12.8 Å². The minimum atomic E-state index is -3.87. The zero-order valence-electron chi connectivity index (χ0n) is 10.5. The van der Waals surface area contributed by atoms with Gasteiger partial charge in [-0.15, -0.1) is 11.3 Å². The number of hydrogen-bond donors (Lipinski definition) is 2. The van der Waals surface area contributed by atoms with Gasteiger partial charge in [-0.05, 0) is 31.2 Å². The first kappa shape index (κ1) is 15.2. The van der Waals surface area contributed by atoms with Crippen LogP contribution in [0.4, 0.5) is 10.1 Å². The summed E-state index contributed by atoms with van der Waals surface area (Å²) in [6.07, 6.45) is 0. The van der Waals surface area contributed by atoms with E-state index >= 15 is 0 Å². The molecule has 0 radical (unpaired) electrons. The monoisotopic (exact) mass is 334 g/mol. The van der Waals surface area contributed by atoms with Crippen molar-refractivity contribution in [3.63, 3.8) is 0 Å². The molecule has 0 aliphatic heterocycles. The van der Waals surface area contributed by atoms with Gasteiger partial charge in [0.25, 0.3) is 10.0 Å². The fraction of sp³-hybridized carbons (Fsp3) is 0.167. The van der Waals surface area contributed by atoms with Crippen LogP contribution < -0.4 is 10.5 Å². The van der Waals surface area contributed by atoms with Gasteiger partial charge in [-0.2, -0.15) is 0 Å². The maximum atomic E-state index is 13.6. The number of aryl methyl sites for hydroxylation is 1. The van der Waals surface area contributed by atoms with Crippen molar-refractivity contribution >= 4 is 38.6 Å². The quantitative estimate of drug-likeness (QED) is 0.902. The predicted octanol–water partition coefficient (Wildman–Crippen LogP) is 3.11. The summed E-state index contributed by atoms with van der Waals surface area (Å²) in [4.78, 5) is 1.44. The smallest absolute Gasteiger partial charge is 0.263 e. The van der Waals surface area contributed by atoms with Crippen molar-refractivity contribution in [3.8, 4) is 0 Å². The van der Waals surface area contributed by atoms with E-state index in [4.69, 9.17) is 17.3 Å². The number of sulfonamides is 1. The first-order valence-electron chi connectivity index (χ1n) is 5.60. The van der Waals surface area contributed by atoms with E-state index in [-0.39, 0.29) is 22.2 Å². The van der Waals surface area contributed by atoms with Crippen molar-refractivity contribution in [1.82, 2.24) is 0 Å². The molecule has 0 saturated carbocycles. The molecule has 0 aliphatic rings. The highest BCUT2D eigenvalue weighted by Gasteiger charge is 2.21. The Morgan fingerprint density at radius 2 is 2.10 bits per heavy atom. The lowest BCUT2D eigenvalue weighted by atomic mass is 10.3. The molecule has 0 atom stereocenters. The molecular formula is C12H12ClFN2O2S2. The molecule has 3 N–H and O–H groups in total. The van der Waals surface area contributed by atoms with E-state index in [0.717, 1.165) is 10.9 Å². The first-order valence-corrected chi connectivity index (χ1v) is 8.28. The van der Waals surface area contributed by atoms with E-state index in [1.54, 1.807) is 6.92 Å². The van der Waals surface area contributed by atoms with Crippen LogP contribution in [0.2, 0.25) is 5.02 Å². The molecule has 8 heteroatoms. The standard InChI is InChI=1S/C12H12ClFN2O2S2/c1-7-12(5-9(6-15)19-7)20(17,18)16-11-4-8(13)2-3-10(11)14/h2-5,16H,6,15H2,1H3. The van der Waals surface area contributed by atoms with Crippen LogP contribution in [0, 0.1) is 12.7 Å². The number of nitrogens with one attached hydrogen (secondary N) is 1. The zero-order chi connectivity index (χ0) is 14.9. The van der Waals surface area contributed by atoms with Gasteiger partial charge in [0.05, 0.1) is 5.69 Å². The Bertz CT molecular complexity index is 744. The Morgan fingerprint density at radius 1 is 1.40 bits per heavy atom. The molecule has 0 aliphatic carbocycles. The van der Waals surface area contributed by atoms with Crippen molar-refractivity contribution < 1.29 is 12.8 Å². The molecule has 1 heterocycles. The lowest BCUT2D eigenvalue weighted by Gasteiger charge is -2.08. The molecule has 4 nitrogen and oxygen atoms in total. The third kappa shape index (κ3) is 3.12. The van der Waals surface area contributed by atoms with Gasteiger partial charge in [0, 0.05) is 21.3 Å². The molecular weight excluding hydrogens is 323 g/mol. The number of hydrogen-bond acceptors (Lipinski definition) is 4. The lowest BCUT2D eigenvalue weighted by molar-refractivity contribution is 0.598. The van der Waals surface area contributed by atoms with Gasteiger partial charge in [-0.1, -0.05) is 11.6 Å². The van der Waals surface area contributed by atoms with Gasteiger partial charge in [0.15, 0.2) is 0 Å². The summed E-state index contributed by atoms with van der Waals surface area (Å²) in [5, 5.41) is 0.244. The van der Waals surface area contributed by atoms with Crippen LogP contribution in [0.1, 0.15) is 9.75 Å². The molecule has 0 spiro atoms. The largest absolute Gasteiger partial charge is 0.326 e. The van der Waals surface area contributed by atoms with Crippen LogP contribution in [0.15, 0.2) is 29.2 Å². The van der Waals surface area contributed by atoms with Crippen molar-refractivity contribution in [3.05, 3.63) is 44.9 Å². The number of anilines is 1. The van der Waals surface area contributed by atoms with Gasteiger partial charge >= 0.3 is 0 Å². The third-order valence-corrected chi connectivity index (χ3v) is 5.52. The van der Waals surface area contributed by atoms with E-state index < -0.39 is 15.8 Å². The van der Waals surface area contributed by atoms with Gasteiger partial charge < -0.3 is 5.73 Å². The number of rotatable bonds is 4. The molecule has 2 aromatic rings. The summed E-state index contributed by atoms with van der Waals surface area (Å²) in [6, 6.07) is 5.16. The zero-order valence-corrected chi connectivity index (χ0v) is 12.9. The van der Waals surface area contributed by atoms with Crippen LogP contribution >= 0.6 is 22.9 Å². The van der Waals surface area contributed by atoms with Gasteiger partial charge in [-0.3, -0.25) is 4.72 Å². The summed E-state index contributed by atoms with van der Waals surface area (Å²) < 4.78 is 40.3. The van der Waals surface area contributed by atoms with E-state index in [0.29, 0.717) is 4.88 Å². The molecule has 108 valence electrons. The second-order valence-corrected chi connectivity index (χ2v) is 7.50. The molecule has 0 fully saturated rings. The second kappa shape index (κ2) is 5.69.